The lowest BCUT2D eigenvalue weighted by Gasteiger charge is -2.40. The maximum atomic E-state index is 12.4. The molecule has 2 heterocycles. The van der Waals surface area contributed by atoms with Crippen molar-refractivity contribution in [1.82, 2.24) is 9.80 Å². The van der Waals surface area contributed by atoms with Crippen LogP contribution in [0.5, 0.6) is 0 Å². The zero-order chi connectivity index (χ0) is 13.2. The van der Waals surface area contributed by atoms with Gasteiger partial charge in [-0.1, -0.05) is 0 Å². The standard InChI is InChI=1S/C13H25N3O2/c1-11(10-14)15-5-7-16(8-6-15)12(17)13(2)4-3-9-18-13/h11H,3-10,14H2,1-2H3. The van der Waals surface area contributed by atoms with Crippen molar-refractivity contribution >= 4 is 5.91 Å². The van der Waals surface area contributed by atoms with E-state index in [1.165, 1.54) is 0 Å². The highest BCUT2D eigenvalue weighted by molar-refractivity contribution is 5.85. The van der Waals surface area contributed by atoms with Crippen molar-refractivity contribution in [3.63, 3.8) is 0 Å². The average molecular weight is 255 g/mol. The van der Waals surface area contributed by atoms with Crippen molar-refractivity contribution in [2.75, 3.05) is 39.3 Å². The predicted molar refractivity (Wildman–Crippen MR) is 70.3 cm³/mol. The molecule has 0 spiro atoms. The lowest BCUT2D eigenvalue weighted by Crippen LogP contribution is -2.56. The number of hydrogen-bond donors (Lipinski definition) is 1. The smallest absolute Gasteiger partial charge is 0.254 e. The van der Waals surface area contributed by atoms with E-state index in [1.807, 2.05) is 11.8 Å². The summed E-state index contributed by atoms with van der Waals surface area (Å²) in [6, 6.07) is 0.403. The molecule has 0 aromatic rings. The first-order valence-corrected chi connectivity index (χ1v) is 6.94. The molecule has 2 atom stereocenters. The van der Waals surface area contributed by atoms with Gasteiger partial charge in [-0.2, -0.15) is 0 Å². The highest BCUT2D eigenvalue weighted by Crippen LogP contribution is 2.27. The number of piperazine rings is 1. The van der Waals surface area contributed by atoms with E-state index in [4.69, 9.17) is 10.5 Å². The lowest BCUT2D eigenvalue weighted by molar-refractivity contribution is -0.153. The van der Waals surface area contributed by atoms with Gasteiger partial charge in [0.15, 0.2) is 0 Å². The molecule has 2 fully saturated rings. The highest BCUT2D eigenvalue weighted by atomic mass is 16.5. The van der Waals surface area contributed by atoms with Crippen LogP contribution < -0.4 is 5.73 Å². The molecular formula is C13H25N3O2. The topological polar surface area (TPSA) is 58.8 Å². The third-order valence-corrected chi connectivity index (χ3v) is 4.24. The van der Waals surface area contributed by atoms with E-state index in [9.17, 15) is 4.79 Å². The monoisotopic (exact) mass is 255 g/mol. The van der Waals surface area contributed by atoms with E-state index < -0.39 is 5.60 Å². The molecule has 18 heavy (non-hydrogen) atoms. The zero-order valence-corrected chi connectivity index (χ0v) is 11.5. The van der Waals surface area contributed by atoms with Crippen molar-refractivity contribution in [3.8, 4) is 0 Å². The van der Waals surface area contributed by atoms with Crippen LogP contribution in [0, 0.1) is 0 Å². The molecule has 5 heteroatoms. The van der Waals surface area contributed by atoms with Crippen LogP contribution in [0.25, 0.3) is 0 Å². The summed E-state index contributed by atoms with van der Waals surface area (Å²) in [4.78, 5) is 16.7. The Labute approximate surface area is 109 Å². The first-order chi connectivity index (χ1) is 8.57. The van der Waals surface area contributed by atoms with E-state index in [2.05, 4.69) is 11.8 Å². The van der Waals surface area contributed by atoms with Crippen molar-refractivity contribution in [2.24, 2.45) is 5.73 Å². The number of rotatable bonds is 3. The maximum absolute atomic E-state index is 12.4. The van der Waals surface area contributed by atoms with E-state index in [0.29, 0.717) is 19.2 Å². The summed E-state index contributed by atoms with van der Waals surface area (Å²) in [6.07, 6.45) is 1.84. The van der Waals surface area contributed by atoms with E-state index in [-0.39, 0.29) is 5.91 Å². The molecule has 2 unspecified atom stereocenters. The molecular weight excluding hydrogens is 230 g/mol. The Kier molecular flexibility index (Phi) is 4.25. The SMILES string of the molecule is CC(CN)N1CCN(C(=O)C2(C)CCCO2)CC1. The number of hydrogen-bond acceptors (Lipinski definition) is 4. The van der Waals surface area contributed by atoms with Crippen molar-refractivity contribution < 1.29 is 9.53 Å². The highest BCUT2D eigenvalue weighted by Gasteiger charge is 2.41. The lowest BCUT2D eigenvalue weighted by atomic mass is 10.0. The Morgan fingerprint density at radius 3 is 2.56 bits per heavy atom. The van der Waals surface area contributed by atoms with Crippen LogP contribution in [-0.4, -0.2) is 66.7 Å². The molecule has 0 aromatic carbocycles. The molecule has 0 aromatic heterocycles. The molecule has 2 aliphatic rings. The summed E-state index contributed by atoms with van der Waals surface area (Å²) in [5.74, 6) is 0.167. The summed E-state index contributed by atoms with van der Waals surface area (Å²) in [6.45, 7) is 8.88. The Hall–Kier alpha value is -0.650. The van der Waals surface area contributed by atoms with Gasteiger partial charge in [0.05, 0.1) is 0 Å². The van der Waals surface area contributed by atoms with E-state index in [1.54, 1.807) is 0 Å². The van der Waals surface area contributed by atoms with Gasteiger partial charge in [0.1, 0.15) is 5.60 Å². The van der Waals surface area contributed by atoms with Crippen LogP contribution in [0.2, 0.25) is 0 Å². The second-order valence-corrected chi connectivity index (χ2v) is 5.60. The predicted octanol–water partition coefficient (Wildman–Crippen LogP) is 0.0469. The molecule has 2 N–H and O–H groups in total. The second kappa shape index (κ2) is 5.55. The maximum Gasteiger partial charge on any atom is 0.254 e. The minimum Gasteiger partial charge on any atom is -0.365 e. The number of nitrogens with zero attached hydrogens (tertiary/aromatic N) is 2. The quantitative estimate of drug-likeness (QED) is 0.774. The van der Waals surface area contributed by atoms with Crippen molar-refractivity contribution in [3.05, 3.63) is 0 Å². The normalized spacial score (nSPS) is 31.6. The molecule has 0 radical (unpaired) electrons. The fraction of sp³-hybridized carbons (Fsp3) is 0.923. The minimum atomic E-state index is -0.568. The molecule has 2 saturated heterocycles. The Bertz CT molecular complexity index is 295. The first-order valence-electron chi connectivity index (χ1n) is 6.94. The molecule has 0 aliphatic carbocycles. The molecule has 0 saturated carbocycles. The molecule has 104 valence electrons. The summed E-state index contributed by atoms with van der Waals surface area (Å²) in [5, 5.41) is 0. The van der Waals surface area contributed by atoms with Crippen LogP contribution in [0.1, 0.15) is 26.7 Å². The van der Waals surface area contributed by atoms with Crippen molar-refractivity contribution in [1.29, 1.82) is 0 Å². The van der Waals surface area contributed by atoms with Crippen LogP contribution in [0.3, 0.4) is 0 Å². The minimum absolute atomic E-state index is 0.167. The summed E-state index contributed by atoms with van der Waals surface area (Å²) in [5.41, 5.74) is 5.11. The third-order valence-electron chi connectivity index (χ3n) is 4.24. The number of amides is 1. The summed E-state index contributed by atoms with van der Waals surface area (Å²) in [7, 11) is 0. The van der Waals surface area contributed by atoms with Crippen LogP contribution >= 0.6 is 0 Å². The van der Waals surface area contributed by atoms with Crippen molar-refractivity contribution in [2.45, 2.75) is 38.3 Å². The largest absolute Gasteiger partial charge is 0.365 e. The van der Waals surface area contributed by atoms with Gasteiger partial charge in [-0.25, -0.2) is 0 Å². The van der Waals surface area contributed by atoms with Gasteiger partial charge < -0.3 is 15.4 Å². The van der Waals surface area contributed by atoms with Gasteiger partial charge in [-0.3, -0.25) is 9.69 Å². The van der Waals surface area contributed by atoms with Crippen LogP contribution in [-0.2, 0) is 9.53 Å². The van der Waals surface area contributed by atoms with Gasteiger partial charge in [0.2, 0.25) is 0 Å². The zero-order valence-electron chi connectivity index (χ0n) is 11.5. The van der Waals surface area contributed by atoms with Gasteiger partial charge in [-0.05, 0) is 26.7 Å². The molecule has 2 rings (SSSR count). The Morgan fingerprint density at radius 2 is 2.06 bits per heavy atom. The fourth-order valence-corrected chi connectivity index (χ4v) is 2.80. The van der Waals surface area contributed by atoms with E-state index >= 15 is 0 Å². The first kappa shape index (κ1) is 13.8. The van der Waals surface area contributed by atoms with Gasteiger partial charge in [-0.15, -0.1) is 0 Å². The number of carbonyl (C=O) groups excluding carboxylic acids is 1. The van der Waals surface area contributed by atoms with Gasteiger partial charge >= 0.3 is 0 Å². The number of ether oxygens (including phenoxy) is 1. The van der Waals surface area contributed by atoms with E-state index in [0.717, 1.165) is 39.0 Å². The third kappa shape index (κ3) is 2.68. The molecule has 2 aliphatic heterocycles. The summed E-state index contributed by atoms with van der Waals surface area (Å²) >= 11 is 0. The van der Waals surface area contributed by atoms with Gasteiger partial charge in [0, 0.05) is 45.4 Å². The number of carbonyl (C=O) groups is 1. The molecule has 0 bridgehead atoms. The second-order valence-electron chi connectivity index (χ2n) is 5.60. The Balaban J connectivity index is 1.88. The van der Waals surface area contributed by atoms with Crippen LogP contribution in [0.4, 0.5) is 0 Å². The Morgan fingerprint density at radius 1 is 1.39 bits per heavy atom. The molecule has 5 nitrogen and oxygen atoms in total. The van der Waals surface area contributed by atoms with Crippen LogP contribution in [0.15, 0.2) is 0 Å². The number of nitrogens with two attached hydrogens (primary N) is 1. The molecule has 1 amide bonds. The average Bonchev–Trinajstić information content (AvgIpc) is 2.85. The summed E-state index contributed by atoms with van der Waals surface area (Å²) < 4.78 is 5.63. The van der Waals surface area contributed by atoms with Gasteiger partial charge in [0.25, 0.3) is 5.91 Å². The fourth-order valence-electron chi connectivity index (χ4n) is 2.80.